The molecule has 2 atom stereocenters. The van der Waals surface area contributed by atoms with Crippen molar-refractivity contribution < 1.29 is 13.7 Å². The summed E-state index contributed by atoms with van der Waals surface area (Å²) in [5, 5.41) is 7.36. The molecule has 0 bridgehead atoms. The van der Waals surface area contributed by atoms with Gasteiger partial charge in [0.05, 0.1) is 18.3 Å². The fourth-order valence-corrected chi connectivity index (χ4v) is 4.57. The number of rotatable bonds is 4. The SMILES string of the molecule is Cc1ccc(-c2noc(C(C)N3CCN(C(=O)NC4CCCc5occc54)CC3)n2)cc1. The molecule has 32 heavy (non-hydrogen) atoms. The number of hydrogen-bond donors (Lipinski definition) is 1. The van der Waals surface area contributed by atoms with Gasteiger partial charge in [0.15, 0.2) is 0 Å². The van der Waals surface area contributed by atoms with E-state index in [0.29, 0.717) is 24.8 Å². The van der Waals surface area contributed by atoms with Crippen molar-refractivity contribution in [1.82, 2.24) is 25.3 Å². The van der Waals surface area contributed by atoms with Crippen molar-refractivity contribution >= 4 is 6.03 Å². The molecule has 8 heteroatoms. The Morgan fingerprint density at radius 1 is 1.16 bits per heavy atom. The molecule has 0 radical (unpaired) electrons. The Kier molecular flexibility index (Phi) is 5.70. The quantitative estimate of drug-likeness (QED) is 0.664. The number of carbonyl (C=O) groups is 1. The van der Waals surface area contributed by atoms with Gasteiger partial charge in [-0.2, -0.15) is 4.98 Å². The van der Waals surface area contributed by atoms with Crippen LogP contribution in [0.1, 0.15) is 54.6 Å². The Morgan fingerprint density at radius 2 is 1.94 bits per heavy atom. The molecule has 5 rings (SSSR count). The van der Waals surface area contributed by atoms with Gasteiger partial charge in [0, 0.05) is 43.7 Å². The van der Waals surface area contributed by atoms with E-state index in [0.717, 1.165) is 49.2 Å². The van der Waals surface area contributed by atoms with Gasteiger partial charge in [-0.1, -0.05) is 35.0 Å². The molecular weight excluding hydrogens is 406 g/mol. The van der Waals surface area contributed by atoms with E-state index in [2.05, 4.69) is 34.2 Å². The highest BCUT2D eigenvalue weighted by Gasteiger charge is 2.30. The molecule has 2 unspecified atom stereocenters. The molecule has 1 saturated heterocycles. The molecule has 2 amide bonds. The third kappa shape index (κ3) is 4.14. The van der Waals surface area contributed by atoms with Crippen molar-refractivity contribution in [1.29, 1.82) is 0 Å². The van der Waals surface area contributed by atoms with E-state index in [1.54, 1.807) is 6.26 Å². The summed E-state index contributed by atoms with van der Waals surface area (Å²) in [5.74, 6) is 2.22. The van der Waals surface area contributed by atoms with Gasteiger partial charge in [0.1, 0.15) is 5.76 Å². The fraction of sp³-hybridized carbons (Fsp3) is 0.458. The Hall–Kier alpha value is -3.13. The maximum absolute atomic E-state index is 12.9. The minimum atomic E-state index is -0.00389. The second kappa shape index (κ2) is 8.78. The predicted octanol–water partition coefficient (Wildman–Crippen LogP) is 4.10. The lowest BCUT2D eigenvalue weighted by Crippen LogP contribution is -2.52. The monoisotopic (exact) mass is 435 g/mol. The van der Waals surface area contributed by atoms with E-state index >= 15 is 0 Å². The van der Waals surface area contributed by atoms with Crippen LogP contribution < -0.4 is 5.32 Å². The highest BCUT2D eigenvalue weighted by molar-refractivity contribution is 5.75. The molecule has 1 aliphatic carbocycles. The van der Waals surface area contributed by atoms with Crippen molar-refractivity contribution in [3.05, 3.63) is 59.4 Å². The zero-order chi connectivity index (χ0) is 22.1. The van der Waals surface area contributed by atoms with E-state index in [1.165, 1.54) is 5.56 Å². The number of carbonyl (C=O) groups excluding carboxylic acids is 1. The third-order valence-electron chi connectivity index (χ3n) is 6.61. The first-order chi connectivity index (χ1) is 15.6. The topological polar surface area (TPSA) is 87.6 Å². The lowest BCUT2D eigenvalue weighted by atomic mass is 9.93. The Labute approximate surface area is 187 Å². The number of hydrogen-bond acceptors (Lipinski definition) is 6. The largest absolute Gasteiger partial charge is 0.469 e. The van der Waals surface area contributed by atoms with Gasteiger partial charge in [-0.3, -0.25) is 4.90 Å². The van der Waals surface area contributed by atoms with E-state index in [1.807, 2.05) is 35.2 Å². The molecule has 1 N–H and O–H groups in total. The van der Waals surface area contributed by atoms with Gasteiger partial charge in [-0.05, 0) is 32.8 Å². The van der Waals surface area contributed by atoms with Crippen molar-refractivity contribution in [2.45, 2.75) is 45.2 Å². The number of furan rings is 1. The average Bonchev–Trinajstić information content (AvgIpc) is 3.50. The van der Waals surface area contributed by atoms with E-state index in [4.69, 9.17) is 8.94 Å². The molecule has 0 saturated carbocycles. The highest BCUT2D eigenvalue weighted by atomic mass is 16.5. The maximum Gasteiger partial charge on any atom is 0.317 e. The van der Waals surface area contributed by atoms with Crippen LogP contribution in [0.5, 0.6) is 0 Å². The number of nitrogens with one attached hydrogen (secondary N) is 1. The number of amides is 2. The fourth-order valence-electron chi connectivity index (χ4n) is 4.57. The number of fused-ring (bicyclic) bond motifs is 1. The summed E-state index contributed by atoms with van der Waals surface area (Å²) in [6, 6.07) is 10.1. The van der Waals surface area contributed by atoms with Gasteiger partial charge >= 0.3 is 6.03 Å². The van der Waals surface area contributed by atoms with Crippen LogP contribution in [0.3, 0.4) is 0 Å². The smallest absolute Gasteiger partial charge is 0.317 e. The van der Waals surface area contributed by atoms with Crippen molar-refractivity contribution in [2.75, 3.05) is 26.2 Å². The molecule has 1 fully saturated rings. The number of urea groups is 1. The van der Waals surface area contributed by atoms with Crippen LogP contribution in [0.2, 0.25) is 0 Å². The molecule has 2 aliphatic rings. The first-order valence-corrected chi connectivity index (χ1v) is 11.3. The van der Waals surface area contributed by atoms with Gasteiger partial charge < -0.3 is 19.2 Å². The molecule has 3 aromatic rings. The van der Waals surface area contributed by atoms with E-state index in [-0.39, 0.29) is 18.1 Å². The Morgan fingerprint density at radius 3 is 2.72 bits per heavy atom. The number of aryl methyl sites for hydroxylation is 2. The Bertz CT molecular complexity index is 1070. The lowest BCUT2D eigenvalue weighted by molar-refractivity contribution is 0.0987. The predicted molar refractivity (Wildman–Crippen MR) is 119 cm³/mol. The maximum atomic E-state index is 12.9. The second-order valence-electron chi connectivity index (χ2n) is 8.71. The van der Waals surface area contributed by atoms with Crippen LogP contribution in [-0.4, -0.2) is 52.2 Å². The zero-order valence-electron chi connectivity index (χ0n) is 18.6. The first kappa shape index (κ1) is 20.8. The van der Waals surface area contributed by atoms with Crippen LogP contribution in [-0.2, 0) is 6.42 Å². The molecule has 168 valence electrons. The number of aromatic nitrogens is 2. The molecule has 1 aromatic carbocycles. The summed E-state index contributed by atoms with van der Waals surface area (Å²) in [6.45, 7) is 6.99. The zero-order valence-corrected chi connectivity index (χ0v) is 18.6. The van der Waals surface area contributed by atoms with Crippen LogP contribution in [0.4, 0.5) is 4.79 Å². The Balaban J connectivity index is 1.16. The number of piperazine rings is 1. The van der Waals surface area contributed by atoms with Gasteiger partial charge in [0.2, 0.25) is 11.7 Å². The summed E-state index contributed by atoms with van der Waals surface area (Å²) in [4.78, 5) is 21.6. The first-order valence-electron chi connectivity index (χ1n) is 11.3. The van der Waals surface area contributed by atoms with E-state index in [9.17, 15) is 4.79 Å². The van der Waals surface area contributed by atoms with Crippen LogP contribution in [0.25, 0.3) is 11.4 Å². The minimum absolute atomic E-state index is 0.00116. The summed E-state index contributed by atoms with van der Waals surface area (Å²) >= 11 is 0. The summed E-state index contributed by atoms with van der Waals surface area (Å²) in [6.07, 6.45) is 4.66. The van der Waals surface area contributed by atoms with Crippen LogP contribution in [0.15, 0.2) is 45.5 Å². The van der Waals surface area contributed by atoms with Crippen molar-refractivity contribution in [3.8, 4) is 11.4 Å². The number of nitrogens with zero attached hydrogens (tertiary/aromatic N) is 4. The summed E-state index contributed by atoms with van der Waals surface area (Å²) in [7, 11) is 0. The molecule has 3 heterocycles. The molecular formula is C24H29N5O3. The van der Waals surface area contributed by atoms with Gasteiger partial charge in [-0.15, -0.1) is 0 Å². The standard InChI is InChI=1S/C24H29N5O3/c1-16-6-8-18(9-7-16)22-26-23(32-27-22)17(2)28-11-13-29(14-12-28)24(30)25-20-4-3-5-21-19(20)10-15-31-21/h6-10,15,17,20H,3-5,11-14H2,1-2H3,(H,25,30). The lowest BCUT2D eigenvalue weighted by Gasteiger charge is -2.37. The summed E-state index contributed by atoms with van der Waals surface area (Å²) in [5.41, 5.74) is 3.27. The average molecular weight is 436 g/mol. The highest BCUT2D eigenvalue weighted by Crippen LogP contribution is 2.31. The second-order valence-corrected chi connectivity index (χ2v) is 8.71. The number of benzene rings is 1. The van der Waals surface area contributed by atoms with E-state index < -0.39 is 0 Å². The molecule has 0 spiro atoms. The van der Waals surface area contributed by atoms with Gasteiger partial charge in [-0.25, -0.2) is 4.79 Å². The van der Waals surface area contributed by atoms with Crippen LogP contribution in [0, 0.1) is 6.92 Å². The molecule has 2 aromatic heterocycles. The third-order valence-corrected chi connectivity index (χ3v) is 6.61. The summed E-state index contributed by atoms with van der Waals surface area (Å²) < 4.78 is 11.1. The molecule has 1 aliphatic heterocycles. The molecule has 8 nitrogen and oxygen atoms in total. The van der Waals surface area contributed by atoms with Gasteiger partial charge in [0.25, 0.3) is 0 Å². The normalized spacial score (nSPS) is 20.1. The minimum Gasteiger partial charge on any atom is -0.469 e. The van der Waals surface area contributed by atoms with Crippen molar-refractivity contribution in [2.24, 2.45) is 0 Å². The van der Waals surface area contributed by atoms with Crippen molar-refractivity contribution in [3.63, 3.8) is 0 Å². The van der Waals surface area contributed by atoms with Crippen LogP contribution >= 0.6 is 0 Å².